The Morgan fingerprint density at radius 1 is 1.27 bits per heavy atom. The van der Waals surface area contributed by atoms with Crippen molar-refractivity contribution < 1.29 is 9.72 Å². The van der Waals surface area contributed by atoms with Crippen LogP contribution >= 0.6 is 23.2 Å². The molecule has 1 amide bonds. The van der Waals surface area contributed by atoms with E-state index in [1.165, 1.54) is 6.07 Å². The SMILES string of the molecule is O=C(Nc1ccc(Cl)cc1Cl)[C@H]1CCCN1Cc1ccccc1[N+](=O)[O-]. The van der Waals surface area contributed by atoms with Crippen molar-refractivity contribution in [2.24, 2.45) is 0 Å². The molecule has 0 saturated carbocycles. The minimum Gasteiger partial charge on any atom is -0.323 e. The van der Waals surface area contributed by atoms with Gasteiger partial charge in [0, 0.05) is 23.2 Å². The summed E-state index contributed by atoms with van der Waals surface area (Å²) < 4.78 is 0. The predicted molar refractivity (Wildman–Crippen MR) is 102 cm³/mol. The van der Waals surface area contributed by atoms with E-state index in [1.54, 1.807) is 36.4 Å². The van der Waals surface area contributed by atoms with Crippen molar-refractivity contribution in [1.82, 2.24) is 4.90 Å². The van der Waals surface area contributed by atoms with Crippen molar-refractivity contribution in [3.8, 4) is 0 Å². The van der Waals surface area contributed by atoms with Gasteiger partial charge in [-0.1, -0.05) is 41.4 Å². The van der Waals surface area contributed by atoms with Gasteiger partial charge < -0.3 is 5.32 Å². The van der Waals surface area contributed by atoms with E-state index in [1.807, 2.05) is 4.90 Å². The van der Waals surface area contributed by atoms with Crippen LogP contribution in [0.1, 0.15) is 18.4 Å². The number of nitrogens with one attached hydrogen (secondary N) is 1. The smallest absolute Gasteiger partial charge is 0.273 e. The predicted octanol–water partition coefficient (Wildman–Crippen LogP) is 4.50. The molecule has 1 aliphatic heterocycles. The second-order valence-electron chi connectivity index (χ2n) is 6.13. The molecule has 0 aliphatic carbocycles. The van der Waals surface area contributed by atoms with Crippen LogP contribution in [0.15, 0.2) is 42.5 Å². The van der Waals surface area contributed by atoms with Crippen LogP contribution in [0.2, 0.25) is 10.0 Å². The van der Waals surface area contributed by atoms with E-state index in [4.69, 9.17) is 23.2 Å². The number of carbonyl (C=O) groups is 1. The number of nitro benzene ring substituents is 1. The summed E-state index contributed by atoms with van der Waals surface area (Å²) in [5, 5.41) is 14.9. The van der Waals surface area contributed by atoms with Crippen molar-refractivity contribution in [2.45, 2.75) is 25.4 Å². The van der Waals surface area contributed by atoms with Crippen molar-refractivity contribution >= 4 is 40.5 Å². The number of halogens is 2. The van der Waals surface area contributed by atoms with Crippen molar-refractivity contribution in [1.29, 1.82) is 0 Å². The van der Waals surface area contributed by atoms with Crippen molar-refractivity contribution in [3.63, 3.8) is 0 Å². The Kier molecular flexibility index (Phi) is 5.76. The van der Waals surface area contributed by atoms with Gasteiger partial charge >= 0.3 is 0 Å². The number of nitro groups is 1. The molecule has 2 aromatic rings. The minimum atomic E-state index is -0.395. The molecule has 0 aromatic heterocycles. The highest BCUT2D eigenvalue weighted by Gasteiger charge is 2.32. The zero-order chi connectivity index (χ0) is 18.7. The molecule has 1 saturated heterocycles. The molecule has 6 nitrogen and oxygen atoms in total. The lowest BCUT2D eigenvalue weighted by molar-refractivity contribution is -0.385. The zero-order valence-corrected chi connectivity index (χ0v) is 15.3. The molecule has 1 aliphatic rings. The molecule has 2 aromatic carbocycles. The van der Waals surface area contributed by atoms with Gasteiger partial charge in [-0.25, -0.2) is 0 Å². The van der Waals surface area contributed by atoms with Gasteiger partial charge in [0.1, 0.15) is 0 Å². The third-order valence-corrected chi connectivity index (χ3v) is 4.96. The number of benzene rings is 2. The molecule has 3 rings (SSSR count). The number of hydrogen-bond donors (Lipinski definition) is 1. The largest absolute Gasteiger partial charge is 0.323 e. The van der Waals surface area contributed by atoms with Crippen LogP contribution in [0.5, 0.6) is 0 Å². The number of anilines is 1. The molecule has 0 bridgehead atoms. The second kappa shape index (κ2) is 8.03. The molecule has 136 valence electrons. The summed E-state index contributed by atoms with van der Waals surface area (Å²) in [4.78, 5) is 25.5. The van der Waals surface area contributed by atoms with Crippen LogP contribution < -0.4 is 5.32 Å². The Bertz CT molecular complexity index is 844. The summed E-state index contributed by atoms with van der Waals surface area (Å²) in [5.74, 6) is -0.176. The zero-order valence-electron chi connectivity index (χ0n) is 13.8. The molecule has 1 heterocycles. The average molecular weight is 394 g/mol. The maximum absolute atomic E-state index is 12.7. The number of amides is 1. The normalized spacial score (nSPS) is 17.2. The van der Waals surface area contributed by atoms with Crippen LogP contribution in [0.3, 0.4) is 0 Å². The Hall–Kier alpha value is -2.15. The van der Waals surface area contributed by atoms with E-state index in [0.29, 0.717) is 40.8 Å². The Morgan fingerprint density at radius 3 is 2.77 bits per heavy atom. The molecule has 1 N–H and O–H groups in total. The molecule has 1 atom stereocenters. The van der Waals surface area contributed by atoms with Crippen LogP contribution in [-0.4, -0.2) is 28.3 Å². The lowest BCUT2D eigenvalue weighted by Crippen LogP contribution is -2.39. The lowest BCUT2D eigenvalue weighted by Gasteiger charge is -2.23. The molecule has 0 radical (unpaired) electrons. The number of nitrogens with zero attached hydrogens (tertiary/aromatic N) is 2. The van der Waals surface area contributed by atoms with Crippen LogP contribution in [0.4, 0.5) is 11.4 Å². The van der Waals surface area contributed by atoms with E-state index in [-0.39, 0.29) is 17.6 Å². The third-order valence-electron chi connectivity index (χ3n) is 4.42. The van der Waals surface area contributed by atoms with E-state index in [0.717, 1.165) is 6.42 Å². The second-order valence-corrected chi connectivity index (χ2v) is 6.97. The molecular formula is C18H17Cl2N3O3. The van der Waals surface area contributed by atoms with Crippen LogP contribution in [0, 0.1) is 10.1 Å². The Labute approximate surface area is 160 Å². The summed E-state index contributed by atoms with van der Waals surface area (Å²) in [5.41, 5.74) is 1.17. The fourth-order valence-electron chi connectivity index (χ4n) is 3.16. The number of hydrogen-bond acceptors (Lipinski definition) is 4. The van der Waals surface area contributed by atoms with E-state index in [2.05, 4.69) is 5.32 Å². The monoisotopic (exact) mass is 393 g/mol. The van der Waals surface area contributed by atoms with Gasteiger partial charge in [-0.2, -0.15) is 0 Å². The van der Waals surface area contributed by atoms with E-state index < -0.39 is 4.92 Å². The number of likely N-dealkylation sites (tertiary alicyclic amines) is 1. The fraction of sp³-hybridized carbons (Fsp3) is 0.278. The maximum Gasteiger partial charge on any atom is 0.273 e. The van der Waals surface area contributed by atoms with Crippen LogP contribution in [-0.2, 0) is 11.3 Å². The number of rotatable bonds is 5. The third kappa shape index (κ3) is 4.15. The molecule has 26 heavy (non-hydrogen) atoms. The highest BCUT2D eigenvalue weighted by atomic mass is 35.5. The first kappa shape index (κ1) is 18.6. The molecule has 8 heteroatoms. The summed E-state index contributed by atoms with van der Waals surface area (Å²) in [7, 11) is 0. The van der Waals surface area contributed by atoms with E-state index in [9.17, 15) is 14.9 Å². The maximum atomic E-state index is 12.7. The fourth-order valence-corrected chi connectivity index (χ4v) is 3.62. The number of para-hydroxylation sites is 1. The highest BCUT2D eigenvalue weighted by molar-refractivity contribution is 6.36. The Morgan fingerprint density at radius 2 is 2.04 bits per heavy atom. The summed E-state index contributed by atoms with van der Waals surface area (Å²) in [6.45, 7) is 1.06. The van der Waals surface area contributed by atoms with Gasteiger partial charge in [0.05, 0.1) is 21.7 Å². The Balaban J connectivity index is 1.74. The van der Waals surface area contributed by atoms with Gasteiger partial charge in [0.25, 0.3) is 5.69 Å². The summed E-state index contributed by atoms with van der Waals surface area (Å²) in [6.07, 6.45) is 1.55. The first-order valence-electron chi connectivity index (χ1n) is 8.18. The topological polar surface area (TPSA) is 75.5 Å². The van der Waals surface area contributed by atoms with E-state index >= 15 is 0 Å². The van der Waals surface area contributed by atoms with Gasteiger partial charge in [-0.3, -0.25) is 19.8 Å². The average Bonchev–Trinajstić information content (AvgIpc) is 3.06. The summed E-state index contributed by atoms with van der Waals surface area (Å²) in [6, 6.07) is 11.1. The minimum absolute atomic E-state index is 0.0688. The number of carbonyl (C=O) groups excluding carboxylic acids is 1. The van der Waals surface area contributed by atoms with Gasteiger partial charge in [0.2, 0.25) is 5.91 Å². The van der Waals surface area contributed by atoms with Crippen molar-refractivity contribution in [2.75, 3.05) is 11.9 Å². The highest BCUT2D eigenvalue weighted by Crippen LogP contribution is 2.28. The van der Waals surface area contributed by atoms with Gasteiger partial charge in [-0.15, -0.1) is 0 Å². The quantitative estimate of drug-likeness (QED) is 0.598. The molecule has 1 fully saturated rings. The first-order chi connectivity index (χ1) is 12.5. The van der Waals surface area contributed by atoms with Gasteiger partial charge in [0.15, 0.2) is 0 Å². The molecule has 0 spiro atoms. The lowest BCUT2D eigenvalue weighted by atomic mass is 10.1. The van der Waals surface area contributed by atoms with Crippen LogP contribution in [0.25, 0.3) is 0 Å². The standard InChI is InChI=1S/C18H17Cl2N3O3/c19-13-7-8-15(14(20)10-13)21-18(24)17-6-3-9-22(17)11-12-4-1-2-5-16(12)23(25)26/h1-2,4-5,7-8,10,17H,3,6,9,11H2,(H,21,24)/t17-/m1/s1. The first-order valence-corrected chi connectivity index (χ1v) is 8.93. The molecular weight excluding hydrogens is 377 g/mol. The van der Waals surface area contributed by atoms with Crippen molar-refractivity contribution in [3.05, 3.63) is 68.2 Å². The van der Waals surface area contributed by atoms with Gasteiger partial charge in [-0.05, 0) is 37.6 Å². The molecule has 0 unspecified atom stereocenters. The summed E-state index contributed by atoms with van der Waals surface area (Å²) >= 11 is 12.0.